The number of phenolic OH excluding ortho intramolecular Hbond substituents is 1. The maximum absolute atomic E-state index is 14.1. The van der Waals surface area contributed by atoms with Gasteiger partial charge in [0.25, 0.3) is 5.56 Å². The Morgan fingerprint density at radius 1 is 1.07 bits per heavy atom. The van der Waals surface area contributed by atoms with E-state index in [0.717, 1.165) is 22.3 Å². The van der Waals surface area contributed by atoms with Crippen molar-refractivity contribution in [3.8, 4) is 11.5 Å². The Bertz CT molecular complexity index is 1680. The van der Waals surface area contributed by atoms with Crippen LogP contribution >= 0.6 is 11.3 Å². The molecule has 1 N–H and O–H groups in total. The molecule has 1 aliphatic rings. The van der Waals surface area contributed by atoms with E-state index in [0.29, 0.717) is 26.4 Å². The summed E-state index contributed by atoms with van der Waals surface area (Å²) >= 11 is 1.28. The Labute approximate surface area is 251 Å². The van der Waals surface area contributed by atoms with E-state index >= 15 is 0 Å². The molecular weight excluding hydrogens is 548 g/mol. The summed E-state index contributed by atoms with van der Waals surface area (Å²) in [4.78, 5) is 32.5. The summed E-state index contributed by atoms with van der Waals surface area (Å²) in [6, 6.07) is 10.6. The zero-order chi connectivity index (χ0) is 31.1. The Hall–Kier alpha value is -3.65. The molecule has 0 radical (unpaired) electrons. The van der Waals surface area contributed by atoms with Gasteiger partial charge in [0.1, 0.15) is 11.5 Å². The molecule has 4 rings (SSSR count). The number of nitrogens with zero attached hydrogens (tertiary/aromatic N) is 2. The molecule has 0 saturated carbocycles. The number of carbonyl (C=O) groups is 1. The number of aromatic hydroxyl groups is 1. The van der Waals surface area contributed by atoms with Crippen molar-refractivity contribution in [1.29, 1.82) is 0 Å². The van der Waals surface area contributed by atoms with Gasteiger partial charge in [-0.1, -0.05) is 65.0 Å². The van der Waals surface area contributed by atoms with E-state index in [1.807, 2.05) is 56.3 Å². The molecule has 0 unspecified atom stereocenters. The number of benzene rings is 2. The number of rotatable bonds is 6. The lowest BCUT2D eigenvalue weighted by Gasteiger charge is -2.27. The highest BCUT2D eigenvalue weighted by molar-refractivity contribution is 7.07. The van der Waals surface area contributed by atoms with Crippen LogP contribution in [0.3, 0.4) is 0 Å². The maximum atomic E-state index is 14.1. The standard InChI is InChI=1S/C34H42N2O5S/c1-11-40-31(39)27-20(4)35-32-36(28(27)22-12-14-23(15-13-22)41-19(2)3)30(38)26(42-32)18-21-16-24(33(5,6)7)29(37)25(17-21)34(8,9)10/h12-19,28,37H,11H2,1-10H3/b26-18+/t28-/m0/s1. The first-order valence-electron chi connectivity index (χ1n) is 14.4. The molecule has 0 amide bonds. The van der Waals surface area contributed by atoms with Crippen LogP contribution in [-0.4, -0.2) is 28.4 Å². The van der Waals surface area contributed by atoms with Crippen LogP contribution in [0.5, 0.6) is 11.5 Å². The fraction of sp³-hybridized carbons (Fsp3) is 0.441. The smallest absolute Gasteiger partial charge is 0.338 e. The average molecular weight is 591 g/mol. The number of carbonyl (C=O) groups excluding carboxylic acids is 1. The quantitative estimate of drug-likeness (QED) is 0.362. The molecule has 3 aromatic rings. The third-order valence-corrected chi connectivity index (χ3v) is 8.11. The number of phenols is 1. The van der Waals surface area contributed by atoms with Crippen LogP contribution in [0.1, 0.15) is 97.5 Å². The monoisotopic (exact) mass is 590 g/mol. The topological polar surface area (TPSA) is 90.1 Å². The molecule has 42 heavy (non-hydrogen) atoms. The van der Waals surface area contributed by atoms with Crippen molar-refractivity contribution < 1.29 is 19.4 Å². The Morgan fingerprint density at radius 2 is 1.64 bits per heavy atom. The van der Waals surface area contributed by atoms with Crippen molar-refractivity contribution in [2.75, 3.05) is 6.61 Å². The molecule has 2 heterocycles. The summed E-state index contributed by atoms with van der Waals surface area (Å²) in [6.07, 6.45) is 1.87. The lowest BCUT2D eigenvalue weighted by molar-refractivity contribution is -0.139. The molecule has 2 aromatic carbocycles. The van der Waals surface area contributed by atoms with Gasteiger partial charge in [-0.15, -0.1) is 0 Å². The summed E-state index contributed by atoms with van der Waals surface area (Å²) in [5.41, 5.74) is 3.20. The number of aromatic nitrogens is 1. The summed E-state index contributed by atoms with van der Waals surface area (Å²) in [7, 11) is 0. The van der Waals surface area contributed by atoms with Gasteiger partial charge in [-0.25, -0.2) is 9.79 Å². The normalized spacial score (nSPS) is 16.0. The second-order valence-electron chi connectivity index (χ2n) is 13.0. The minimum atomic E-state index is -0.703. The van der Waals surface area contributed by atoms with E-state index in [1.54, 1.807) is 18.4 Å². The van der Waals surface area contributed by atoms with Gasteiger partial charge in [0, 0.05) is 11.1 Å². The van der Waals surface area contributed by atoms with Crippen molar-refractivity contribution in [3.63, 3.8) is 0 Å². The molecule has 1 aromatic heterocycles. The van der Waals surface area contributed by atoms with Gasteiger partial charge >= 0.3 is 5.97 Å². The van der Waals surface area contributed by atoms with E-state index in [1.165, 1.54) is 11.3 Å². The first kappa shape index (κ1) is 31.3. The van der Waals surface area contributed by atoms with E-state index in [2.05, 4.69) is 46.5 Å². The van der Waals surface area contributed by atoms with Crippen molar-refractivity contribution in [2.45, 2.75) is 92.2 Å². The Balaban J connectivity index is 1.96. The molecule has 0 bridgehead atoms. The fourth-order valence-corrected chi connectivity index (χ4v) is 6.19. The molecule has 224 valence electrons. The van der Waals surface area contributed by atoms with Crippen LogP contribution < -0.4 is 19.6 Å². The van der Waals surface area contributed by atoms with Gasteiger partial charge < -0.3 is 14.6 Å². The molecule has 0 saturated heterocycles. The highest BCUT2D eigenvalue weighted by atomic mass is 32.1. The number of allylic oxidation sites excluding steroid dienone is 1. The summed E-state index contributed by atoms with van der Waals surface area (Å²) in [5.74, 6) is 0.494. The van der Waals surface area contributed by atoms with Crippen LogP contribution in [0.4, 0.5) is 0 Å². The molecule has 1 aliphatic heterocycles. The third-order valence-electron chi connectivity index (χ3n) is 7.13. The number of esters is 1. The number of fused-ring (bicyclic) bond motifs is 1. The van der Waals surface area contributed by atoms with Crippen molar-refractivity contribution in [2.24, 2.45) is 4.99 Å². The number of hydrogen-bond acceptors (Lipinski definition) is 7. The first-order chi connectivity index (χ1) is 19.5. The second-order valence-corrected chi connectivity index (χ2v) is 14.0. The largest absolute Gasteiger partial charge is 0.507 e. The zero-order valence-electron chi connectivity index (χ0n) is 26.3. The number of ether oxygens (including phenoxy) is 2. The molecule has 1 atom stereocenters. The predicted octanol–water partition coefficient (Wildman–Crippen LogP) is 5.89. The number of hydrogen-bond donors (Lipinski definition) is 1. The van der Waals surface area contributed by atoms with E-state index in [9.17, 15) is 14.7 Å². The van der Waals surface area contributed by atoms with Gasteiger partial charge in [-0.05, 0) is 80.0 Å². The lowest BCUT2D eigenvalue weighted by atomic mass is 9.78. The summed E-state index contributed by atoms with van der Waals surface area (Å²) in [6.45, 7) is 20.0. The van der Waals surface area contributed by atoms with Crippen LogP contribution in [0.15, 0.2) is 57.5 Å². The molecular formula is C34H42N2O5S. The van der Waals surface area contributed by atoms with E-state index in [4.69, 9.17) is 9.47 Å². The van der Waals surface area contributed by atoms with Crippen LogP contribution in [-0.2, 0) is 20.4 Å². The minimum absolute atomic E-state index is 0.0169. The first-order valence-corrected chi connectivity index (χ1v) is 15.2. The van der Waals surface area contributed by atoms with Gasteiger partial charge in [-0.2, -0.15) is 0 Å². The maximum Gasteiger partial charge on any atom is 0.338 e. The average Bonchev–Trinajstić information content (AvgIpc) is 3.17. The molecule has 8 heteroatoms. The van der Waals surface area contributed by atoms with Crippen LogP contribution in [0.25, 0.3) is 6.08 Å². The number of thiazole rings is 1. The highest BCUT2D eigenvalue weighted by Gasteiger charge is 2.33. The summed E-state index contributed by atoms with van der Waals surface area (Å²) in [5, 5.41) is 11.2. The van der Waals surface area contributed by atoms with Crippen molar-refractivity contribution in [3.05, 3.63) is 89.6 Å². The Kier molecular flexibility index (Phi) is 8.61. The highest BCUT2D eigenvalue weighted by Crippen LogP contribution is 2.40. The molecule has 7 nitrogen and oxygen atoms in total. The lowest BCUT2D eigenvalue weighted by Crippen LogP contribution is -2.39. The van der Waals surface area contributed by atoms with E-state index in [-0.39, 0.29) is 34.8 Å². The molecule has 0 spiro atoms. The van der Waals surface area contributed by atoms with Gasteiger partial charge in [0.05, 0.1) is 34.6 Å². The van der Waals surface area contributed by atoms with Gasteiger partial charge in [0.15, 0.2) is 4.80 Å². The predicted molar refractivity (Wildman–Crippen MR) is 168 cm³/mol. The molecule has 0 aliphatic carbocycles. The Morgan fingerprint density at radius 3 is 2.14 bits per heavy atom. The minimum Gasteiger partial charge on any atom is -0.507 e. The molecule has 0 fully saturated rings. The SMILES string of the molecule is CCOC(=O)C1=C(C)N=c2s/c(=C/c3cc(C(C)(C)C)c(O)c(C(C)(C)C)c3)c(=O)n2[C@H]1c1ccc(OC(C)C)cc1. The second kappa shape index (κ2) is 11.6. The van der Waals surface area contributed by atoms with Gasteiger partial charge in [0.2, 0.25) is 0 Å². The zero-order valence-corrected chi connectivity index (χ0v) is 27.1. The van der Waals surface area contributed by atoms with Crippen LogP contribution in [0.2, 0.25) is 0 Å². The van der Waals surface area contributed by atoms with E-state index < -0.39 is 12.0 Å². The fourth-order valence-electron chi connectivity index (χ4n) is 5.14. The third kappa shape index (κ3) is 6.24. The van der Waals surface area contributed by atoms with Crippen LogP contribution in [0, 0.1) is 0 Å². The van der Waals surface area contributed by atoms with Gasteiger partial charge in [-0.3, -0.25) is 9.36 Å². The van der Waals surface area contributed by atoms with Crippen molar-refractivity contribution in [1.82, 2.24) is 4.57 Å². The summed E-state index contributed by atoms with van der Waals surface area (Å²) < 4.78 is 13.3. The van der Waals surface area contributed by atoms with Crippen molar-refractivity contribution >= 4 is 23.4 Å².